The fraction of sp³-hybridized carbons (Fsp3) is 0.800. The zero-order valence-electron chi connectivity index (χ0n) is 11.1. The number of nitrogens with one attached hydrogen (secondary N) is 1. The summed E-state index contributed by atoms with van der Waals surface area (Å²) in [6.45, 7) is 2.64. The first-order valence-corrected chi connectivity index (χ1v) is 7.20. The van der Waals surface area contributed by atoms with E-state index >= 15 is 0 Å². The van der Waals surface area contributed by atoms with Gasteiger partial charge in [-0.3, -0.25) is 0 Å². The molecular weight excluding hydrogens is 226 g/mol. The Morgan fingerprint density at radius 3 is 2.17 bits per heavy atom. The fourth-order valence-electron chi connectivity index (χ4n) is 4.92. The minimum absolute atomic E-state index is 0.336. The third kappa shape index (κ3) is 2.33. The summed E-state index contributed by atoms with van der Waals surface area (Å²) in [5.74, 6) is 1.98. The Morgan fingerprint density at radius 2 is 1.72 bits per heavy atom. The Balaban J connectivity index is 1.64. The zero-order chi connectivity index (χ0) is 12.8. The molecule has 2 N–H and O–H groups in total. The number of hydrogen-bond acceptors (Lipinski definition) is 2. The predicted molar refractivity (Wildman–Crippen MR) is 70.3 cm³/mol. The van der Waals surface area contributed by atoms with Crippen LogP contribution in [0.1, 0.15) is 45.4 Å². The topological polar surface area (TPSA) is 49.3 Å². The van der Waals surface area contributed by atoms with Crippen molar-refractivity contribution in [3.05, 3.63) is 11.6 Å². The number of hydrogen-bond donors (Lipinski definition) is 2. The molecule has 4 aliphatic rings. The van der Waals surface area contributed by atoms with Gasteiger partial charge in [0.25, 0.3) is 0 Å². The van der Waals surface area contributed by atoms with Gasteiger partial charge in [0.1, 0.15) is 0 Å². The van der Waals surface area contributed by atoms with Gasteiger partial charge < -0.3 is 10.4 Å². The van der Waals surface area contributed by atoms with Crippen molar-refractivity contribution < 1.29 is 9.90 Å². The second-order valence-corrected chi connectivity index (χ2v) is 6.88. The van der Waals surface area contributed by atoms with Crippen LogP contribution < -0.4 is 5.32 Å². The molecule has 3 heteroatoms. The standard InChI is InChI=1S/C15H23NO2/c1-10(2-14(17)18)9-16-15-6-11-3-12(7-15)5-13(4-11)8-15/h2,11-13,16H,3-9H2,1H3,(H,17,18). The van der Waals surface area contributed by atoms with Crippen LogP contribution >= 0.6 is 0 Å². The smallest absolute Gasteiger partial charge is 0.328 e. The molecule has 4 rings (SSSR count). The average molecular weight is 249 g/mol. The minimum Gasteiger partial charge on any atom is -0.478 e. The van der Waals surface area contributed by atoms with E-state index in [1.54, 1.807) is 0 Å². The van der Waals surface area contributed by atoms with Gasteiger partial charge in [0, 0.05) is 18.2 Å². The third-order valence-electron chi connectivity index (χ3n) is 5.15. The van der Waals surface area contributed by atoms with Crippen LogP contribution in [0, 0.1) is 17.8 Å². The average Bonchev–Trinajstić information content (AvgIpc) is 2.23. The van der Waals surface area contributed by atoms with E-state index in [0.717, 1.165) is 29.9 Å². The van der Waals surface area contributed by atoms with Gasteiger partial charge in [0.05, 0.1) is 0 Å². The molecule has 18 heavy (non-hydrogen) atoms. The molecule has 0 aliphatic heterocycles. The Bertz CT molecular complexity index is 351. The Hall–Kier alpha value is -0.830. The summed E-state index contributed by atoms with van der Waals surface area (Å²) in [7, 11) is 0. The second kappa shape index (κ2) is 4.37. The molecule has 0 heterocycles. The summed E-state index contributed by atoms with van der Waals surface area (Å²) >= 11 is 0. The summed E-state index contributed by atoms with van der Waals surface area (Å²) in [6.07, 6.45) is 9.63. The van der Waals surface area contributed by atoms with E-state index in [1.165, 1.54) is 44.6 Å². The molecule has 4 bridgehead atoms. The number of carboxylic acid groups (broad SMARTS) is 1. The van der Waals surface area contributed by atoms with E-state index in [4.69, 9.17) is 5.11 Å². The van der Waals surface area contributed by atoms with Gasteiger partial charge in [-0.1, -0.05) is 5.57 Å². The maximum absolute atomic E-state index is 10.6. The second-order valence-electron chi connectivity index (χ2n) is 6.88. The molecule has 0 aromatic rings. The molecule has 100 valence electrons. The van der Waals surface area contributed by atoms with Crippen LogP contribution in [0.4, 0.5) is 0 Å². The van der Waals surface area contributed by atoms with E-state index in [2.05, 4.69) is 5.32 Å². The highest BCUT2D eigenvalue weighted by Crippen LogP contribution is 2.55. The van der Waals surface area contributed by atoms with Crippen LogP contribution in [0.25, 0.3) is 0 Å². The summed E-state index contributed by atoms with van der Waals surface area (Å²) in [6, 6.07) is 0. The molecule has 0 unspecified atom stereocenters. The van der Waals surface area contributed by atoms with Crippen molar-refractivity contribution in [1.82, 2.24) is 5.32 Å². The van der Waals surface area contributed by atoms with Crippen LogP contribution in [0.15, 0.2) is 11.6 Å². The molecule has 0 radical (unpaired) electrons. The van der Waals surface area contributed by atoms with Crippen molar-refractivity contribution in [1.29, 1.82) is 0 Å². The summed E-state index contributed by atoms with van der Waals surface area (Å²) in [4.78, 5) is 10.6. The van der Waals surface area contributed by atoms with Crippen molar-refractivity contribution in [2.45, 2.75) is 51.0 Å². The Kier molecular flexibility index (Phi) is 2.97. The van der Waals surface area contributed by atoms with Crippen molar-refractivity contribution >= 4 is 5.97 Å². The van der Waals surface area contributed by atoms with Gasteiger partial charge >= 0.3 is 5.97 Å². The fourth-order valence-corrected chi connectivity index (χ4v) is 4.92. The lowest BCUT2D eigenvalue weighted by Gasteiger charge is -2.57. The largest absolute Gasteiger partial charge is 0.478 e. The van der Waals surface area contributed by atoms with Crippen LogP contribution in [0.5, 0.6) is 0 Å². The highest BCUT2D eigenvalue weighted by atomic mass is 16.4. The minimum atomic E-state index is -0.834. The van der Waals surface area contributed by atoms with Crippen LogP contribution in [-0.2, 0) is 4.79 Å². The molecule has 3 nitrogen and oxygen atoms in total. The maximum atomic E-state index is 10.6. The van der Waals surface area contributed by atoms with Gasteiger partial charge in [-0.15, -0.1) is 0 Å². The number of aliphatic carboxylic acids is 1. The molecule has 0 amide bonds. The third-order valence-corrected chi connectivity index (χ3v) is 5.15. The van der Waals surface area contributed by atoms with Gasteiger partial charge in [-0.25, -0.2) is 4.79 Å². The number of carbonyl (C=O) groups is 1. The summed E-state index contributed by atoms with van der Waals surface area (Å²) in [5, 5.41) is 12.4. The summed E-state index contributed by atoms with van der Waals surface area (Å²) < 4.78 is 0. The van der Waals surface area contributed by atoms with Crippen molar-refractivity contribution in [2.24, 2.45) is 17.8 Å². The predicted octanol–water partition coefficient (Wildman–Crippen LogP) is 2.58. The lowest BCUT2D eigenvalue weighted by molar-refractivity contribution is -0.131. The SMILES string of the molecule is CC(=CC(=O)O)CNC12CC3CC(CC(C3)C1)C2. The molecule has 4 saturated carbocycles. The first-order chi connectivity index (χ1) is 8.55. The monoisotopic (exact) mass is 249 g/mol. The van der Waals surface area contributed by atoms with Crippen LogP contribution in [0.3, 0.4) is 0 Å². The summed E-state index contributed by atoms with van der Waals surface area (Å²) in [5.41, 5.74) is 1.26. The molecular formula is C15H23NO2. The molecule has 0 saturated heterocycles. The molecule has 4 fully saturated rings. The Labute approximate surface area is 109 Å². The van der Waals surface area contributed by atoms with E-state index < -0.39 is 5.97 Å². The van der Waals surface area contributed by atoms with E-state index in [-0.39, 0.29) is 0 Å². The van der Waals surface area contributed by atoms with Crippen molar-refractivity contribution in [3.8, 4) is 0 Å². The molecule has 4 aliphatic carbocycles. The molecule has 0 atom stereocenters. The number of carboxylic acids is 1. The highest BCUT2D eigenvalue weighted by Gasteiger charge is 2.50. The van der Waals surface area contributed by atoms with Gasteiger partial charge in [-0.05, 0) is 63.2 Å². The van der Waals surface area contributed by atoms with E-state index in [9.17, 15) is 4.79 Å². The first-order valence-electron chi connectivity index (χ1n) is 7.20. The van der Waals surface area contributed by atoms with Gasteiger partial charge in [-0.2, -0.15) is 0 Å². The van der Waals surface area contributed by atoms with E-state index in [0.29, 0.717) is 5.54 Å². The van der Waals surface area contributed by atoms with Crippen LogP contribution in [-0.4, -0.2) is 23.2 Å². The quantitative estimate of drug-likeness (QED) is 0.753. The van der Waals surface area contributed by atoms with E-state index in [1.807, 2.05) is 6.92 Å². The molecule has 0 spiro atoms. The maximum Gasteiger partial charge on any atom is 0.328 e. The zero-order valence-corrected chi connectivity index (χ0v) is 11.1. The first kappa shape index (κ1) is 12.2. The molecule has 0 aromatic heterocycles. The lowest BCUT2D eigenvalue weighted by Crippen LogP contribution is -2.58. The number of rotatable bonds is 4. The van der Waals surface area contributed by atoms with Crippen LogP contribution in [0.2, 0.25) is 0 Å². The normalized spacial score (nSPS) is 42.3. The van der Waals surface area contributed by atoms with Crippen molar-refractivity contribution in [3.63, 3.8) is 0 Å². The van der Waals surface area contributed by atoms with Gasteiger partial charge in [0.2, 0.25) is 0 Å². The Morgan fingerprint density at radius 1 is 1.22 bits per heavy atom. The van der Waals surface area contributed by atoms with Crippen molar-refractivity contribution in [2.75, 3.05) is 6.54 Å². The lowest BCUT2D eigenvalue weighted by atomic mass is 9.53. The highest BCUT2D eigenvalue weighted by molar-refractivity contribution is 5.80. The van der Waals surface area contributed by atoms with Gasteiger partial charge in [0.15, 0.2) is 0 Å². The molecule has 0 aromatic carbocycles.